The van der Waals surface area contributed by atoms with Crippen LogP contribution in [0.3, 0.4) is 0 Å². The average molecular weight is 435 g/mol. The molecule has 0 fully saturated rings. The molecule has 1 aromatic heterocycles. The van der Waals surface area contributed by atoms with Crippen LogP contribution in [0, 0.1) is 13.8 Å². The topological polar surface area (TPSA) is 104 Å². The van der Waals surface area contributed by atoms with E-state index in [1.54, 1.807) is 6.07 Å². The van der Waals surface area contributed by atoms with Crippen molar-refractivity contribution in [2.24, 2.45) is 0 Å². The van der Waals surface area contributed by atoms with E-state index in [2.05, 4.69) is 26.7 Å². The lowest BCUT2D eigenvalue weighted by atomic mass is 9.92. The Hall–Kier alpha value is -3.39. The van der Waals surface area contributed by atoms with Crippen LogP contribution in [0.15, 0.2) is 58.5 Å². The number of fused-ring (bicyclic) bond motifs is 1. The molecule has 2 amide bonds. The van der Waals surface area contributed by atoms with E-state index in [-0.39, 0.29) is 23.7 Å². The number of hydrogen-bond donors (Lipinski definition) is 3. The van der Waals surface area contributed by atoms with Crippen LogP contribution >= 0.6 is 11.8 Å². The van der Waals surface area contributed by atoms with Gasteiger partial charge in [-0.05, 0) is 31.0 Å². The number of nitrogens with zero attached hydrogens (tertiary/aromatic N) is 1. The number of thioether (sulfide) groups is 1. The van der Waals surface area contributed by atoms with Crippen molar-refractivity contribution in [3.8, 4) is 0 Å². The average Bonchev–Trinajstić information content (AvgIpc) is 2.73. The van der Waals surface area contributed by atoms with Gasteiger partial charge >= 0.3 is 0 Å². The number of H-pyrrole nitrogens is 1. The monoisotopic (exact) mass is 434 g/mol. The summed E-state index contributed by atoms with van der Waals surface area (Å²) in [6.45, 7) is 3.90. The molecule has 2 heterocycles. The van der Waals surface area contributed by atoms with Crippen molar-refractivity contribution in [2.45, 2.75) is 37.1 Å². The molecular formula is C23H22N4O3S. The molecule has 7 nitrogen and oxygen atoms in total. The summed E-state index contributed by atoms with van der Waals surface area (Å²) in [5, 5.41) is 5.87. The largest absolute Gasteiger partial charge is 0.325 e. The Morgan fingerprint density at radius 1 is 1.16 bits per heavy atom. The smallest absolute Gasteiger partial charge is 0.257 e. The Kier molecular flexibility index (Phi) is 5.90. The lowest BCUT2D eigenvalue weighted by molar-refractivity contribution is -0.123. The summed E-state index contributed by atoms with van der Waals surface area (Å²) in [4.78, 5) is 45.2. The fourth-order valence-corrected chi connectivity index (χ4v) is 4.33. The van der Waals surface area contributed by atoms with Crippen molar-refractivity contribution in [3.05, 3.63) is 81.1 Å². The number of nitrogens with one attached hydrogen (secondary N) is 3. The van der Waals surface area contributed by atoms with Crippen LogP contribution in [0.25, 0.3) is 0 Å². The molecule has 3 N–H and O–H groups in total. The molecule has 0 unspecified atom stereocenters. The zero-order chi connectivity index (χ0) is 22.0. The highest BCUT2D eigenvalue weighted by Crippen LogP contribution is 2.31. The molecule has 0 spiro atoms. The van der Waals surface area contributed by atoms with Gasteiger partial charge in [0.1, 0.15) is 5.82 Å². The van der Waals surface area contributed by atoms with Gasteiger partial charge in [-0.1, -0.05) is 59.8 Å². The maximum absolute atomic E-state index is 12.9. The van der Waals surface area contributed by atoms with E-state index in [1.807, 2.05) is 50.2 Å². The number of aromatic amines is 1. The molecule has 0 saturated carbocycles. The van der Waals surface area contributed by atoms with Crippen molar-refractivity contribution in [2.75, 3.05) is 10.6 Å². The standard InChI is InChI=1S/C23H22N4O3S/c1-13-6-5-8-15(10-13)12-31-23-26-20-19(22(30)27-23)16(11-18(28)25-20)21(29)24-17-9-4-3-7-14(17)2/h3-10,16H,11-12H2,1-2H3,(H,24,29)(H2,25,26,27,28,30)/t16-/m0/s1. The molecule has 1 aliphatic heterocycles. The predicted octanol–water partition coefficient (Wildman–Crippen LogP) is 3.74. The first kappa shape index (κ1) is 20.9. The van der Waals surface area contributed by atoms with Crippen LogP contribution < -0.4 is 16.2 Å². The van der Waals surface area contributed by atoms with Crippen LogP contribution in [0.4, 0.5) is 11.5 Å². The van der Waals surface area contributed by atoms with Gasteiger partial charge in [0.25, 0.3) is 5.56 Å². The van der Waals surface area contributed by atoms with Gasteiger partial charge in [0.05, 0.1) is 11.5 Å². The van der Waals surface area contributed by atoms with Crippen molar-refractivity contribution < 1.29 is 9.59 Å². The summed E-state index contributed by atoms with van der Waals surface area (Å²) in [5.41, 5.74) is 3.57. The third kappa shape index (κ3) is 4.69. The quantitative estimate of drug-likeness (QED) is 0.419. The fourth-order valence-electron chi connectivity index (χ4n) is 3.53. The molecule has 0 radical (unpaired) electrons. The molecule has 3 aromatic rings. The summed E-state index contributed by atoms with van der Waals surface area (Å²) in [6.07, 6.45) is -0.106. The zero-order valence-corrected chi connectivity index (χ0v) is 18.0. The second-order valence-electron chi connectivity index (χ2n) is 7.52. The summed E-state index contributed by atoms with van der Waals surface area (Å²) in [5.74, 6) is -0.885. The number of anilines is 2. The van der Waals surface area contributed by atoms with Gasteiger partial charge in [0, 0.05) is 17.9 Å². The Balaban J connectivity index is 1.58. The van der Waals surface area contributed by atoms with Crippen LogP contribution in [0.5, 0.6) is 0 Å². The Labute approximate surface area is 183 Å². The number of benzene rings is 2. The first-order valence-corrected chi connectivity index (χ1v) is 10.9. The maximum Gasteiger partial charge on any atom is 0.257 e. The van der Waals surface area contributed by atoms with Gasteiger partial charge in [-0.2, -0.15) is 0 Å². The predicted molar refractivity (Wildman–Crippen MR) is 121 cm³/mol. The van der Waals surface area contributed by atoms with Crippen molar-refractivity contribution in [1.82, 2.24) is 9.97 Å². The molecule has 1 aliphatic rings. The van der Waals surface area contributed by atoms with Gasteiger partial charge in [0.2, 0.25) is 11.8 Å². The van der Waals surface area contributed by atoms with E-state index in [1.165, 1.54) is 11.8 Å². The summed E-state index contributed by atoms with van der Waals surface area (Å²) in [7, 11) is 0. The van der Waals surface area contributed by atoms with E-state index in [4.69, 9.17) is 0 Å². The first-order valence-electron chi connectivity index (χ1n) is 9.89. The van der Waals surface area contributed by atoms with Crippen LogP contribution in [0.1, 0.15) is 34.6 Å². The van der Waals surface area contributed by atoms with E-state index in [9.17, 15) is 14.4 Å². The van der Waals surface area contributed by atoms with Crippen molar-refractivity contribution >= 4 is 35.1 Å². The molecule has 8 heteroatoms. The first-order chi connectivity index (χ1) is 14.9. The number of carbonyl (C=O) groups excluding carboxylic acids is 2. The van der Waals surface area contributed by atoms with Gasteiger partial charge in [0.15, 0.2) is 5.16 Å². The second kappa shape index (κ2) is 8.77. The Bertz CT molecular complexity index is 1220. The van der Waals surface area contributed by atoms with Gasteiger partial charge in [-0.3, -0.25) is 14.4 Å². The third-order valence-electron chi connectivity index (χ3n) is 5.11. The molecule has 0 aliphatic carbocycles. The Morgan fingerprint density at radius 2 is 1.97 bits per heavy atom. The minimum absolute atomic E-state index is 0.106. The van der Waals surface area contributed by atoms with E-state index in [0.29, 0.717) is 16.6 Å². The summed E-state index contributed by atoms with van der Waals surface area (Å²) in [6, 6.07) is 15.4. The van der Waals surface area contributed by atoms with Gasteiger partial charge < -0.3 is 15.6 Å². The lowest BCUT2D eigenvalue weighted by Gasteiger charge is -2.23. The maximum atomic E-state index is 12.9. The Morgan fingerprint density at radius 3 is 2.74 bits per heavy atom. The molecule has 0 saturated heterocycles. The third-order valence-corrected chi connectivity index (χ3v) is 6.05. The van der Waals surface area contributed by atoms with Gasteiger partial charge in [-0.25, -0.2) is 4.98 Å². The van der Waals surface area contributed by atoms with E-state index < -0.39 is 17.4 Å². The van der Waals surface area contributed by atoms with Crippen molar-refractivity contribution in [1.29, 1.82) is 0 Å². The van der Waals surface area contributed by atoms with Crippen molar-refractivity contribution in [3.63, 3.8) is 0 Å². The number of rotatable bonds is 5. The van der Waals surface area contributed by atoms with Crippen LogP contribution in [0.2, 0.25) is 0 Å². The molecular weight excluding hydrogens is 412 g/mol. The summed E-state index contributed by atoms with van der Waals surface area (Å²) >= 11 is 1.37. The van der Waals surface area contributed by atoms with E-state index in [0.717, 1.165) is 16.7 Å². The minimum atomic E-state index is -0.907. The number of carbonyl (C=O) groups is 2. The highest BCUT2D eigenvalue weighted by Gasteiger charge is 2.34. The molecule has 31 heavy (non-hydrogen) atoms. The minimum Gasteiger partial charge on any atom is -0.325 e. The number of aryl methyl sites for hydroxylation is 2. The highest BCUT2D eigenvalue weighted by atomic mass is 32.2. The second-order valence-corrected chi connectivity index (χ2v) is 8.48. The molecule has 0 bridgehead atoms. The molecule has 158 valence electrons. The number of aromatic nitrogens is 2. The van der Waals surface area contributed by atoms with Gasteiger partial charge in [-0.15, -0.1) is 0 Å². The van der Waals surface area contributed by atoms with E-state index >= 15 is 0 Å². The number of amides is 2. The number of hydrogen-bond acceptors (Lipinski definition) is 5. The van der Waals surface area contributed by atoms with Crippen LogP contribution in [-0.2, 0) is 15.3 Å². The SMILES string of the molecule is Cc1cccc(CSc2nc3c(c(=O)[nH]2)[C@@H](C(=O)Nc2ccccc2C)CC(=O)N3)c1. The fraction of sp³-hybridized carbons (Fsp3) is 0.217. The molecule has 4 rings (SSSR count). The normalized spacial score (nSPS) is 15.2. The highest BCUT2D eigenvalue weighted by molar-refractivity contribution is 7.98. The molecule has 1 atom stereocenters. The molecule has 2 aromatic carbocycles. The number of para-hydroxylation sites is 1. The summed E-state index contributed by atoms with van der Waals surface area (Å²) < 4.78 is 0. The van der Waals surface area contributed by atoms with Crippen LogP contribution in [-0.4, -0.2) is 21.8 Å². The zero-order valence-electron chi connectivity index (χ0n) is 17.2. The lowest BCUT2D eigenvalue weighted by Crippen LogP contribution is -2.36.